The van der Waals surface area contributed by atoms with Gasteiger partial charge in [0.2, 0.25) is 17.2 Å². The molecule has 0 amide bonds. The number of ether oxygens (including phenoxy) is 3. The van der Waals surface area contributed by atoms with Crippen LogP contribution in [0.5, 0.6) is 23.0 Å². The van der Waals surface area contributed by atoms with Gasteiger partial charge in [0.25, 0.3) is 0 Å². The zero-order valence-electron chi connectivity index (χ0n) is 18.4. The van der Waals surface area contributed by atoms with E-state index in [9.17, 15) is 14.3 Å². The second-order valence-electron chi connectivity index (χ2n) is 6.86. The first-order chi connectivity index (χ1) is 16.0. The van der Waals surface area contributed by atoms with E-state index in [1.807, 2.05) is 43.3 Å². The van der Waals surface area contributed by atoms with E-state index >= 15 is 0 Å². The van der Waals surface area contributed by atoms with E-state index in [2.05, 4.69) is 0 Å². The molecule has 0 aromatic heterocycles. The SMILES string of the molecule is CCc1c(O[S@@](C)=O)ccc(C(=O)O[C@@H](C#N)c2cccc(Oc3ccccc3)c2)c1OC. The van der Waals surface area contributed by atoms with E-state index in [0.717, 1.165) is 0 Å². The number of carbonyl (C=O) groups excluding carboxylic acids is 1. The van der Waals surface area contributed by atoms with E-state index < -0.39 is 23.2 Å². The van der Waals surface area contributed by atoms with Crippen molar-refractivity contribution < 1.29 is 27.4 Å². The molecule has 0 fully saturated rings. The number of esters is 1. The minimum Gasteiger partial charge on any atom is -0.495 e. The molecule has 0 radical (unpaired) electrons. The Balaban J connectivity index is 1.85. The summed E-state index contributed by atoms with van der Waals surface area (Å²) in [5.41, 5.74) is 1.18. The van der Waals surface area contributed by atoms with Crippen LogP contribution >= 0.6 is 0 Å². The van der Waals surface area contributed by atoms with Crippen LogP contribution in [0.2, 0.25) is 0 Å². The molecule has 0 spiro atoms. The van der Waals surface area contributed by atoms with Crippen molar-refractivity contribution in [3.63, 3.8) is 0 Å². The van der Waals surface area contributed by atoms with E-state index in [-0.39, 0.29) is 11.3 Å². The molecule has 0 saturated carbocycles. The highest BCUT2D eigenvalue weighted by Gasteiger charge is 2.24. The van der Waals surface area contributed by atoms with Gasteiger partial charge in [0.05, 0.1) is 7.11 Å². The maximum Gasteiger partial charge on any atom is 0.343 e. The maximum absolute atomic E-state index is 13.0. The van der Waals surface area contributed by atoms with E-state index in [1.165, 1.54) is 25.5 Å². The van der Waals surface area contributed by atoms with Gasteiger partial charge >= 0.3 is 5.97 Å². The first kappa shape index (κ1) is 23.8. The summed E-state index contributed by atoms with van der Waals surface area (Å²) in [6.07, 6.45) is 0.712. The minimum absolute atomic E-state index is 0.139. The molecule has 3 rings (SSSR count). The summed E-state index contributed by atoms with van der Waals surface area (Å²) in [6, 6.07) is 21.0. The quantitative estimate of drug-likeness (QED) is 0.404. The third-order valence-corrected chi connectivity index (χ3v) is 5.10. The van der Waals surface area contributed by atoms with Crippen molar-refractivity contribution in [2.24, 2.45) is 0 Å². The average Bonchev–Trinajstić information content (AvgIpc) is 2.82. The number of carbonyl (C=O) groups is 1. The Hall–Kier alpha value is -3.83. The molecule has 0 heterocycles. The summed E-state index contributed by atoms with van der Waals surface area (Å²) < 4.78 is 33.6. The summed E-state index contributed by atoms with van der Waals surface area (Å²) >= 11 is -1.54. The second-order valence-corrected chi connectivity index (χ2v) is 7.83. The van der Waals surface area contributed by atoms with Crippen molar-refractivity contribution in [3.8, 4) is 29.1 Å². The van der Waals surface area contributed by atoms with Crippen LogP contribution in [0.4, 0.5) is 0 Å². The van der Waals surface area contributed by atoms with Gasteiger partial charge in [-0.3, -0.25) is 0 Å². The topological polar surface area (TPSA) is 94.9 Å². The van der Waals surface area contributed by atoms with Crippen molar-refractivity contribution in [1.29, 1.82) is 5.26 Å². The number of rotatable bonds is 9. The predicted octanol–water partition coefficient (Wildman–Crippen LogP) is 5.14. The largest absolute Gasteiger partial charge is 0.495 e. The fraction of sp³-hybridized carbons (Fsp3) is 0.200. The van der Waals surface area contributed by atoms with Gasteiger partial charge in [0.1, 0.15) is 34.6 Å². The van der Waals surface area contributed by atoms with Gasteiger partial charge in [-0.2, -0.15) is 5.26 Å². The highest BCUT2D eigenvalue weighted by Crippen LogP contribution is 2.35. The monoisotopic (exact) mass is 465 g/mol. The van der Waals surface area contributed by atoms with Gasteiger partial charge in [-0.1, -0.05) is 37.3 Å². The molecule has 170 valence electrons. The summed E-state index contributed by atoms with van der Waals surface area (Å²) in [5, 5.41) is 9.67. The number of nitriles is 1. The Morgan fingerprint density at radius 1 is 1.06 bits per heavy atom. The van der Waals surface area contributed by atoms with Crippen molar-refractivity contribution in [2.45, 2.75) is 19.4 Å². The first-order valence-electron chi connectivity index (χ1n) is 10.1. The summed E-state index contributed by atoms with van der Waals surface area (Å²) in [6.45, 7) is 1.86. The second kappa shape index (κ2) is 11.2. The number of benzene rings is 3. The lowest BCUT2D eigenvalue weighted by Crippen LogP contribution is -2.13. The molecule has 0 aliphatic carbocycles. The van der Waals surface area contributed by atoms with Gasteiger partial charge in [-0.25, -0.2) is 9.00 Å². The molecular formula is C25H23NO6S. The minimum atomic E-state index is -1.54. The molecule has 3 aromatic rings. The molecule has 33 heavy (non-hydrogen) atoms. The van der Waals surface area contributed by atoms with Gasteiger partial charge in [-0.15, -0.1) is 0 Å². The van der Waals surface area contributed by atoms with Crippen LogP contribution in [0.15, 0.2) is 66.7 Å². The zero-order chi connectivity index (χ0) is 23.8. The fourth-order valence-electron chi connectivity index (χ4n) is 3.25. The Morgan fingerprint density at radius 2 is 1.79 bits per heavy atom. The molecule has 0 N–H and O–H groups in total. The van der Waals surface area contributed by atoms with Gasteiger partial charge in [0, 0.05) is 17.4 Å². The Kier molecular flexibility index (Phi) is 8.06. The van der Waals surface area contributed by atoms with Crippen LogP contribution in [-0.4, -0.2) is 23.5 Å². The molecule has 0 aliphatic rings. The lowest BCUT2D eigenvalue weighted by atomic mass is 10.0. The van der Waals surface area contributed by atoms with E-state index in [4.69, 9.17) is 18.4 Å². The normalized spacial score (nSPS) is 12.2. The van der Waals surface area contributed by atoms with Gasteiger partial charge in [0.15, 0.2) is 0 Å². The predicted molar refractivity (Wildman–Crippen MR) is 124 cm³/mol. The van der Waals surface area contributed by atoms with E-state index in [0.29, 0.717) is 34.8 Å². The molecule has 0 aliphatic heterocycles. The number of nitrogens with zero attached hydrogens (tertiary/aromatic N) is 1. The highest BCUT2D eigenvalue weighted by atomic mass is 32.2. The van der Waals surface area contributed by atoms with Crippen LogP contribution in [0.25, 0.3) is 0 Å². The van der Waals surface area contributed by atoms with Crippen molar-refractivity contribution >= 4 is 17.0 Å². The molecule has 2 atom stereocenters. The number of hydrogen-bond acceptors (Lipinski definition) is 7. The lowest BCUT2D eigenvalue weighted by molar-refractivity contribution is 0.0400. The van der Waals surface area contributed by atoms with Gasteiger partial charge in [-0.05, 0) is 42.8 Å². The van der Waals surface area contributed by atoms with Crippen molar-refractivity contribution in [2.75, 3.05) is 13.4 Å². The van der Waals surface area contributed by atoms with Crippen LogP contribution in [0, 0.1) is 11.3 Å². The average molecular weight is 466 g/mol. The zero-order valence-corrected chi connectivity index (χ0v) is 19.3. The third kappa shape index (κ3) is 5.90. The smallest absolute Gasteiger partial charge is 0.343 e. The molecule has 0 saturated heterocycles. The highest BCUT2D eigenvalue weighted by molar-refractivity contribution is 7.79. The van der Waals surface area contributed by atoms with Crippen LogP contribution < -0.4 is 13.7 Å². The Labute approximate surface area is 195 Å². The summed E-state index contributed by atoms with van der Waals surface area (Å²) in [4.78, 5) is 13.0. The van der Waals surface area contributed by atoms with Crippen LogP contribution in [0.1, 0.15) is 34.5 Å². The molecule has 7 nitrogen and oxygen atoms in total. The number of methoxy groups -OCH3 is 1. The molecule has 0 bridgehead atoms. The summed E-state index contributed by atoms with van der Waals surface area (Å²) in [5.74, 6) is 1.03. The van der Waals surface area contributed by atoms with Gasteiger partial charge < -0.3 is 18.4 Å². The maximum atomic E-state index is 13.0. The van der Waals surface area contributed by atoms with Crippen LogP contribution in [0.3, 0.4) is 0 Å². The standard InChI is InChI=1S/C25H23NO6S/c1-4-20-22(32-33(3)28)14-13-21(24(20)29-2)25(27)31-23(16-26)17-9-8-12-19(15-17)30-18-10-6-5-7-11-18/h5-15,23H,4H2,1-3H3/t23-,33-/m0/s1. The number of para-hydroxylation sites is 1. The Bertz CT molecular complexity index is 1190. The lowest BCUT2D eigenvalue weighted by Gasteiger charge is -2.17. The first-order valence-corrected chi connectivity index (χ1v) is 11.6. The van der Waals surface area contributed by atoms with E-state index in [1.54, 1.807) is 24.3 Å². The molecular weight excluding hydrogens is 442 g/mol. The summed E-state index contributed by atoms with van der Waals surface area (Å²) in [7, 11) is 1.42. The fourth-order valence-corrected chi connectivity index (χ4v) is 3.66. The molecule has 0 unspecified atom stereocenters. The Morgan fingerprint density at radius 3 is 2.42 bits per heavy atom. The van der Waals surface area contributed by atoms with Crippen molar-refractivity contribution in [1.82, 2.24) is 0 Å². The third-order valence-electron chi connectivity index (χ3n) is 4.68. The van der Waals surface area contributed by atoms with Crippen LogP contribution in [-0.2, 0) is 22.2 Å². The number of hydrogen-bond donors (Lipinski definition) is 0. The van der Waals surface area contributed by atoms with Crippen molar-refractivity contribution in [3.05, 3.63) is 83.4 Å². The molecule has 8 heteroatoms. The molecule has 3 aromatic carbocycles.